The summed E-state index contributed by atoms with van der Waals surface area (Å²) in [5.74, 6) is -0.877. The highest BCUT2D eigenvalue weighted by Crippen LogP contribution is 2.41. The number of hydrogen-bond acceptors (Lipinski definition) is 6. The van der Waals surface area contributed by atoms with Crippen LogP contribution < -0.4 is 5.73 Å². The van der Waals surface area contributed by atoms with Crippen molar-refractivity contribution < 1.29 is 15.0 Å². The molecule has 0 radical (unpaired) electrons. The molecule has 37 heavy (non-hydrogen) atoms. The normalized spacial score (nSPS) is 11.7. The van der Waals surface area contributed by atoms with E-state index in [1.165, 1.54) is 23.8 Å². The summed E-state index contributed by atoms with van der Waals surface area (Å²) in [4.78, 5) is 16.4. The molecule has 0 aliphatic heterocycles. The van der Waals surface area contributed by atoms with Crippen molar-refractivity contribution in [3.05, 3.63) is 82.5 Å². The summed E-state index contributed by atoms with van der Waals surface area (Å²) in [5, 5.41) is 27.0. The largest absolute Gasteiger partial charge is 0.481 e. The lowest BCUT2D eigenvalue weighted by Crippen LogP contribution is -2.10. The zero-order valence-corrected chi connectivity index (χ0v) is 22.7. The van der Waals surface area contributed by atoms with E-state index in [9.17, 15) is 9.90 Å². The van der Waals surface area contributed by atoms with E-state index in [0.717, 1.165) is 48.6 Å². The van der Waals surface area contributed by atoms with E-state index in [1.54, 1.807) is 20.8 Å². The van der Waals surface area contributed by atoms with Gasteiger partial charge in [-0.15, -0.1) is 11.3 Å². The molecule has 0 aliphatic rings. The van der Waals surface area contributed by atoms with Gasteiger partial charge in [0.15, 0.2) is 0 Å². The molecule has 8 heteroatoms. The predicted molar refractivity (Wildman–Crippen MR) is 154 cm³/mol. The van der Waals surface area contributed by atoms with E-state index in [-0.39, 0.29) is 6.42 Å². The highest BCUT2D eigenvalue weighted by Gasteiger charge is 2.19. The van der Waals surface area contributed by atoms with Gasteiger partial charge in [-0.2, -0.15) is 0 Å². The first kappa shape index (κ1) is 28.1. The Morgan fingerprint density at radius 2 is 1.68 bits per heavy atom. The van der Waals surface area contributed by atoms with Crippen molar-refractivity contribution in [1.82, 2.24) is 4.98 Å². The average molecular weight is 536 g/mol. The number of allylic oxidation sites excluding steroid dienone is 1. The third-order valence-electron chi connectivity index (χ3n) is 5.27. The number of carboxylic acids is 1. The lowest BCUT2D eigenvalue weighted by molar-refractivity contribution is -0.136. The number of nitrogens with two attached hydrogens (primary N) is 1. The number of rotatable bonds is 6. The van der Waals surface area contributed by atoms with E-state index < -0.39 is 11.6 Å². The maximum Gasteiger partial charge on any atom is 0.307 e. The summed E-state index contributed by atoms with van der Waals surface area (Å²) in [6.45, 7) is 7.15. The molecule has 1 aromatic heterocycles. The molecule has 1 heterocycles. The summed E-state index contributed by atoms with van der Waals surface area (Å²) in [6.07, 6.45) is 2.56. The molecule has 0 bridgehead atoms. The smallest absolute Gasteiger partial charge is 0.307 e. The Balaban J connectivity index is 0.000000695. The molecule has 0 saturated carbocycles. The average Bonchev–Trinajstić information content (AvgIpc) is 3.23. The van der Waals surface area contributed by atoms with Crippen LogP contribution >= 0.6 is 22.9 Å². The summed E-state index contributed by atoms with van der Waals surface area (Å²) in [6, 6.07) is 17.1. The maximum atomic E-state index is 11.6. The number of aryl methyl sites for hydroxylation is 1. The molecule has 5 N–H and O–H groups in total. The van der Waals surface area contributed by atoms with Gasteiger partial charge in [0.25, 0.3) is 0 Å². The Kier molecular flexibility index (Phi) is 8.86. The molecular weight excluding hydrogens is 506 g/mol. The molecule has 192 valence electrons. The summed E-state index contributed by atoms with van der Waals surface area (Å²) in [5.41, 5.74) is 11.8. The first-order valence-electron chi connectivity index (χ1n) is 11.6. The number of hydrogen-bond donors (Lipinski definition) is 4. The Labute approximate surface area is 225 Å². The summed E-state index contributed by atoms with van der Waals surface area (Å²) in [7, 11) is 0. The zero-order valence-electron chi connectivity index (χ0n) is 21.2. The molecule has 6 nitrogen and oxygen atoms in total. The molecule has 0 spiro atoms. The van der Waals surface area contributed by atoms with Gasteiger partial charge in [-0.25, -0.2) is 4.98 Å². The Bertz CT molecular complexity index is 1450. The lowest BCUT2D eigenvalue weighted by Gasteiger charge is -2.13. The number of carbonyl (C=O) groups is 1. The topological polar surface area (TPSA) is 120 Å². The number of nitrogens with zero attached hydrogens (tertiary/aromatic N) is 1. The standard InChI is InChI=1S/C25H20ClN3O2S.C4H10O/c1-14-10-21-24(23(20(14)11-22(30)31)16-6-8-19(26)9-7-16)32-25(29-21)17-4-2-15(3-5-17)18(12-27)13-28;1-4(2,3)5/h2-10,12-13,27H,11,28H2,1H3,(H,30,31);5H,1-3H3/b18-13+,27-12?;. The number of nitrogens with one attached hydrogen (secondary N) is 1. The maximum absolute atomic E-state index is 11.6. The second-order valence-electron chi connectivity index (χ2n) is 9.51. The third-order valence-corrected chi connectivity index (χ3v) is 6.66. The number of carboxylic acid groups (broad SMARTS) is 1. The minimum absolute atomic E-state index is 0.0700. The highest BCUT2D eigenvalue weighted by molar-refractivity contribution is 7.22. The van der Waals surface area contributed by atoms with Crippen molar-refractivity contribution in [2.75, 3.05) is 0 Å². The van der Waals surface area contributed by atoms with Crippen molar-refractivity contribution in [3.63, 3.8) is 0 Å². The van der Waals surface area contributed by atoms with Gasteiger partial charge in [0.05, 0.1) is 22.2 Å². The molecule has 0 aliphatic carbocycles. The van der Waals surface area contributed by atoms with Gasteiger partial charge < -0.3 is 21.4 Å². The molecular formula is C29H30ClN3O3S. The Morgan fingerprint density at radius 3 is 2.19 bits per heavy atom. The number of fused-ring (bicyclic) bond motifs is 1. The van der Waals surface area contributed by atoms with Gasteiger partial charge in [0, 0.05) is 34.1 Å². The Hall–Kier alpha value is -3.52. The Morgan fingerprint density at radius 1 is 1.11 bits per heavy atom. The quantitative estimate of drug-likeness (QED) is 0.199. The van der Waals surface area contributed by atoms with Crippen molar-refractivity contribution in [2.45, 2.75) is 39.7 Å². The second kappa shape index (κ2) is 11.7. The molecule has 0 amide bonds. The van der Waals surface area contributed by atoms with Gasteiger partial charge in [0.1, 0.15) is 5.01 Å². The van der Waals surface area contributed by atoms with Gasteiger partial charge in [-0.1, -0.05) is 48.0 Å². The van der Waals surface area contributed by atoms with Gasteiger partial charge in [-0.05, 0) is 68.1 Å². The van der Waals surface area contributed by atoms with E-state index in [4.69, 9.17) is 32.8 Å². The van der Waals surface area contributed by atoms with Crippen molar-refractivity contribution >= 4 is 50.9 Å². The van der Waals surface area contributed by atoms with Crippen LogP contribution in [0.25, 0.3) is 37.5 Å². The van der Waals surface area contributed by atoms with Crippen molar-refractivity contribution in [1.29, 1.82) is 5.41 Å². The number of thiazole rings is 1. The monoisotopic (exact) mass is 535 g/mol. The van der Waals surface area contributed by atoms with Gasteiger partial charge in [-0.3, -0.25) is 4.79 Å². The number of benzene rings is 3. The molecule has 0 saturated heterocycles. The fourth-order valence-corrected chi connectivity index (χ4v) is 4.96. The van der Waals surface area contributed by atoms with Crippen LogP contribution in [0.5, 0.6) is 0 Å². The first-order chi connectivity index (χ1) is 17.4. The fourth-order valence-electron chi connectivity index (χ4n) is 3.69. The number of aromatic nitrogens is 1. The van der Waals surface area contributed by atoms with Crippen LogP contribution in [-0.4, -0.2) is 33.0 Å². The van der Waals surface area contributed by atoms with Crippen LogP contribution in [0.4, 0.5) is 0 Å². The van der Waals surface area contributed by atoms with E-state index >= 15 is 0 Å². The van der Waals surface area contributed by atoms with E-state index in [0.29, 0.717) is 10.6 Å². The van der Waals surface area contributed by atoms with Crippen molar-refractivity contribution in [2.24, 2.45) is 5.73 Å². The fraction of sp³-hybridized carbons (Fsp3) is 0.207. The first-order valence-corrected chi connectivity index (χ1v) is 12.8. The highest BCUT2D eigenvalue weighted by atomic mass is 35.5. The van der Waals surface area contributed by atoms with E-state index in [1.807, 2.05) is 61.5 Å². The minimum Gasteiger partial charge on any atom is -0.481 e. The second-order valence-corrected chi connectivity index (χ2v) is 10.9. The minimum atomic E-state index is -0.877. The summed E-state index contributed by atoms with van der Waals surface area (Å²) < 4.78 is 0.940. The molecule has 4 rings (SSSR count). The number of aliphatic hydroxyl groups is 1. The van der Waals surface area contributed by atoms with Crippen LogP contribution in [0.1, 0.15) is 37.5 Å². The number of halogens is 1. The van der Waals surface area contributed by atoms with Gasteiger partial charge >= 0.3 is 5.97 Å². The van der Waals surface area contributed by atoms with Crippen LogP contribution in [0.3, 0.4) is 0 Å². The molecule has 0 fully saturated rings. The SMILES string of the molecule is CC(C)(C)O.Cc1cc2nc(-c3ccc(/C(C=N)=C/N)cc3)sc2c(-c2ccc(Cl)cc2)c1CC(=O)O. The molecule has 3 aromatic carbocycles. The van der Waals surface area contributed by atoms with Crippen LogP contribution in [0, 0.1) is 12.3 Å². The van der Waals surface area contributed by atoms with E-state index in [2.05, 4.69) is 0 Å². The molecule has 0 atom stereocenters. The third kappa shape index (κ3) is 7.26. The summed E-state index contributed by atoms with van der Waals surface area (Å²) >= 11 is 7.61. The van der Waals surface area contributed by atoms with Gasteiger partial charge in [0.2, 0.25) is 0 Å². The zero-order chi connectivity index (χ0) is 27.3. The number of aliphatic carboxylic acids is 1. The predicted octanol–water partition coefficient (Wildman–Crippen LogP) is 6.95. The van der Waals surface area contributed by atoms with Crippen LogP contribution in [-0.2, 0) is 11.2 Å². The van der Waals surface area contributed by atoms with Crippen LogP contribution in [0.2, 0.25) is 5.02 Å². The van der Waals surface area contributed by atoms with Crippen molar-refractivity contribution in [3.8, 4) is 21.7 Å². The van der Waals surface area contributed by atoms with Crippen LogP contribution in [0.15, 0.2) is 60.8 Å². The molecule has 4 aromatic rings. The molecule has 0 unspecified atom stereocenters. The lowest BCUT2D eigenvalue weighted by atomic mass is 9.93.